The first-order chi connectivity index (χ1) is 10.4. The molecule has 120 valence electrons. The summed E-state index contributed by atoms with van der Waals surface area (Å²) in [5.74, 6) is 0.366. The lowest BCUT2D eigenvalue weighted by Crippen LogP contribution is -2.24. The zero-order chi connectivity index (χ0) is 16.2. The van der Waals surface area contributed by atoms with Crippen LogP contribution in [0.15, 0.2) is 23.1 Å². The van der Waals surface area contributed by atoms with Crippen LogP contribution in [0.2, 0.25) is 5.02 Å². The van der Waals surface area contributed by atoms with E-state index in [-0.39, 0.29) is 16.5 Å². The molecule has 2 aromatic rings. The van der Waals surface area contributed by atoms with E-state index in [1.165, 1.54) is 29.5 Å². The molecule has 3 N–H and O–H groups in total. The lowest BCUT2D eigenvalue weighted by Gasteiger charge is -2.09. The summed E-state index contributed by atoms with van der Waals surface area (Å²) in [6.07, 6.45) is 0.707. The number of sulfonamides is 1. The Morgan fingerprint density at radius 3 is 2.77 bits per heavy atom. The summed E-state index contributed by atoms with van der Waals surface area (Å²) in [5.41, 5.74) is 5.47. The minimum atomic E-state index is -3.55. The van der Waals surface area contributed by atoms with E-state index in [4.69, 9.17) is 22.1 Å². The van der Waals surface area contributed by atoms with Crippen molar-refractivity contribution in [1.82, 2.24) is 14.9 Å². The molecule has 1 aromatic carbocycles. The topological polar surface area (TPSA) is 107 Å². The van der Waals surface area contributed by atoms with Gasteiger partial charge in [0, 0.05) is 6.54 Å². The molecule has 0 radical (unpaired) electrons. The smallest absolute Gasteiger partial charge is 0.240 e. The minimum absolute atomic E-state index is 0.0958. The number of ether oxygens (including phenoxy) is 1. The molecule has 0 aliphatic rings. The third kappa shape index (κ3) is 4.29. The Hall–Kier alpha value is -1.42. The molecule has 0 unspecified atom stereocenters. The molecule has 10 heteroatoms. The molecule has 0 bridgehead atoms. The largest absolute Gasteiger partial charge is 0.485 e. The molecule has 0 spiro atoms. The van der Waals surface area contributed by atoms with E-state index in [2.05, 4.69) is 14.9 Å². The molecular formula is C12H15ClN4O3S2. The molecule has 0 saturated heterocycles. The Morgan fingerprint density at radius 2 is 2.18 bits per heavy atom. The van der Waals surface area contributed by atoms with Crippen molar-refractivity contribution in [3.63, 3.8) is 0 Å². The van der Waals surface area contributed by atoms with Crippen LogP contribution in [-0.2, 0) is 16.6 Å². The van der Waals surface area contributed by atoms with Gasteiger partial charge in [-0.05, 0) is 24.6 Å². The van der Waals surface area contributed by atoms with Crippen LogP contribution in [0, 0.1) is 0 Å². The number of anilines is 1. The summed E-state index contributed by atoms with van der Waals surface area (Å²) >= 11 is 7.28. The van der Waals surface area contributed by atoms with Gasteiger partial charge in [-0.3, -0.25) is 0 Å². The number of aromatic nitrogens is 2. The molecular weight excluding hydrogens is 348 g/mol. The molecule has 1 heterocycles. The van der Waals surface area contributed by atoms with Gasteiger partial charge in [0.1, 0.15) is 12.4 Å². The fourth-order valence-electron chi connectivity index (χ4n) is 1.55. The molecule has 0 aliphatic carbocycles. The van der Waals surface area contributed by atoms with Gasteiger partial charge in [0.15, 0.2) is 5.01 Å². The number of nitrogens with one attached hydrogen (secondary N) is 1. The van der Waals surface area contributed by atoms with Crippen molar-refractivity contribution in [3.8, 4) is 5.75 Å². The molecule has 22 heavy (non-hydrogen) atoms. The van der Waals surface area contributed by atoms with Crippen LogP contribution in [0.25, 0.3) is 0 Å². The number of hydrogen-bond acceptors (Lipinski definition) is 7. The summed E-state index contributed by atoms with van der Waals surface area (Å²) in [6, 6.07) is 4.30. The van der Waals surface area contributed by atoms with Crippen molar-refractivity contribution < 1.29 is 13.2 Å². The number of rotatable bonds is 7. The average Bonchev–Trinajstić information content (AvgIpc) is 2.89. The van der Waals surface area contributed by atoms with Gasteiger partial charge < -0.3 is 10.5 Å². The number of benzene rings is 1. The van der Waals surface area contributed by atoms with E-state index in [0.717, 1.165) is 0 Å². The summed E-state index contributed by atoms with van der Waals surface area (Å²) in [5, 5.41) is 8.66. The quantitative estimate of drug-likeness (QED) is 0.780. The summed E-state index contributed by atoms with van der Waals surface area (Å²) in [6.45, 7) is 2.41. The Kier molecular flexibility index (Phi) is 5.57. The first kappa shape index (κ1) is 16.9. The second kappa shape index (κ2) is 7.23. The summed E-state index contributed by atoms with van der Waals surface area (Å²) in [7, 11) is -3.55. The van der Waals surface area contributed by atoms with E-state index in [0.29, 0.717) is 28.9 Å². The van der Waals surface area contributed by atoms with E-state index in [9.17, 15) is 8.42 Å². The number of halogens is 1. The van der Waals surface area contributed by atoms with Crippen molar-refractivity contribution in [2.24, 2.45) is 0 Å². The molecule has 2 rings (SSSR count). The lowest BCUT2D eigenvalue weighted by atomic mass is 10.3. The van der Waals surface area contributed by atoms with Crippen LogP contribution in [0.1, 0.15) is 18.4 Å². The summed E-state index contributed by atoms with van der Waals surface area (Å²) < 4.78 is 32.0. The van der Waals surface area contributed by atoms with E-state index in [1.807, 2.05) is 6.92 Å². The van der Waals surface area contributed by atoms with Gasteiger partial charge in [-0.1, -0.05) is 29.9 Å². The highest BCUT2D eigenvalue weighted by Crippen LogP contribution is 2.28. The van der Waals surface area contributed by atoms with E-state index >= 15 is 0 Å². The first-order valence-corrected chi connectivity index (χ1v) is 9.10. The molecule has 0 amide bonds. The van der Waals surface area contributed by atoms with Crippen LogP contribution >= 0.6 is 22.9 Å². The monoisotopic (exact) mass is 362 g/mol. The average molecular weight is 363 g/mol. The van der Waals surface area contributed by atoms with Crippen LogP contribution in [0.3, 0.4) is 0 Å². The summed E-state index contributed by atoms with van der Waals surface area (Å²) in [4.78, 5) is 0.0958. The van der Waals surface area contributed by atoms with Crippen molar-refractivity contribution in [2.45, 2.75) is 24.8 Å². The third-order valence-corrected chi connectivity index (χ3v) is 5.07. The van der Waals surface area contributed by atoms with Crippen molar-refractivity contribution in [1.29, 1.82) is 0 Å². The lowest BCUT2D eigenvalue weighted by molar-refractivity contribution is 0.304. The van der Waals surface area contributed by atoms with Crippen molar-refractivity contribution >= 4 is 38.1 Å². The first-order valence-electron chi connectivity index (χ1n) is 6.42. The fourth-order valence-corrected chi connectivity index (χ4v) is 3.53. The van der Waals surface area contributed by atoms with Gasteiger partial charge in [0.25, 0.3) is 0 Å². The minimum Gasteiger partial charge on any atom is -0.485 e. The van der Waals surface area contributed by atoms with Crippen molar-refractivity contribution in [2.75, 3.05) is 12.3 Å². The maximum Gasteiger partial charge on any atom is 0.240 e. The molecule has 0 aliphatic heterocycles. The zero-order valence-electron chi connectivity index (χ0n) is 11.7. The zero-order valence-corrected chi connectivity index (χ0v) is 14.1. The second-order valence-corrected chi connectivity index (χ2v) is 7.58. The second-order valence-electron chi connectivity index (χ2n) is 4.31. The van der Waals surface area contributed by atoms with Gasteiger partial charge in [-0.15, -0.1) is 10.2 Å². The van der Waals surface area contributed by atoms with Crippen LogP contribution < -0.4 is 15.2 Å². The number of hydrogen-bond donors (Lipinski definition) is 2. The van der Waals surface area contributed by atoms with Gasteiger partial charge >= 0.3 is 0 Å². The highest BCUT2D eigenvalue weighted by Gasteiger charge is 2.15. The molecule has 0 saturated carbocycles. The van der Waals surface area contributed by atoms with Gasteiger partial charge in [0.05, 0.1) is 9.92 Å². The predicted molar refractivity (Wildman–Crippen MR) is 85.6 cm³/mol. The fraction of sp³-hybridized carbons (Fsp3) is 0.333. The highest BCUT2D eigenvalue weighted by molar-refractivity contribution is 7.89. The predicted octanol–water partition coefficient (Wildman–Crippen LogP) is 2.04. The highest BCUT2D eigenvalue weighted by atomic mass is 35.5. The standard InChI is InChI=1S/C12H15ClN4O3S2/c1-2-5-15-22(18,19)8-3-4-10(9(13)6-8)20-7-11-16-17-12(14)21-11/h3-4,6,15H,2,5,7H2,1H3,(H2,14,17). The molecule has 0 atom stereocenters. The Bertz CT molecular complexity index is 749. The molecule has 7 nitrogen and oxygen atoms in total. The van der Waals surface area contributed by atoms with Gasteiger partial charge in [-0.25, -0.2) is 13.1 Å². The van der Waals surface area contributed by atoms with Crippen LogP contribution in [-0.4, -0.2) is 25.2 Å². The Morgan fingerprint density at radius 1 is 1.41 bits per heavy atom. The van der Waals surface area contributed by atoms with Crippen molar-refractivity contribution in [3.05, 3.63) is 28.2 Å². The Labute approximate surface area is 137 Å². The molecule has 0 fully saturated rings. The van der Waals surface area contributed by atoms with Crippen LogP contribution in [0.4, 0.5) is 5.13 Å². The van der Waals surface area contributed by atoms with E-state index in [1.54, 1.807) is 0 Å². The number of nitrogens with two attached hydrogens (primary N) is 1. The number of nitrogen functional groups attached to an aromatic ring is 1. The Balaban J connectivity index is 2.09. The number of nitrogens with zero attached hydrogens (tertiary/aromatic N) is 2. The van der Waals surface area contributed by atoms with Crippen LogP contribution in [0.5, 0.6) is 5.75 Å². The normalized spacial score (nSPS) is 11.5. The SMILES string of the molecule is CCCNS(=O)(=O)c1ccc(OCc2nnc(N)s2)c(Cl)c1. The third-order valence-electron chi connectivity index (χ3n) is 2.59. The van der Waals surface area contributed by atoms with Gasteiger partial charge in [-0.2, -0.15) is 0 Å². The maximum absolute atomic E-state index is 12.0. The van der Waals surface area contributed by atoms with Gasteiger partial charge in [0.2, 0.25) is 15.2 Å². The van der Waals surface area contributed by atoms with E-state index < -0.39 is 10.0 Å². The maximum atomic E-state index is 12.0. The molecule has 1 aromatic heterocycles.